The van der Waals surface area contributed by atoms with Gasteiger partial charge < -0.3 is 4.90 Å². The molecule has 1 saturated heterocycles. The highest BCUT2D eigenvalue weighted by Crippen LogP contribution is 2.34. The lowest BCUT2D eigenvalue weighted by atomic mass is 10.0. The van der Waals surface area contributed by atoms with Crippen molar-refractivity contribution < 1.29 is 9.00 Å². The molecule has 2 aromatic rings. The lowest BCUT2D eigenvalue weighted by Crippen LogP contribution is -2.30. The average Bonchev–Trinajstić information content (AvgIpc) is 3.03. The number of amides is 1. The van der Waals surface area contributed by atoms with Crippen molar-refractivity contribution in [2.45, 2.75) is 24.6 Å². The molecule has 5 heteroatoms. The highest BCUT2D eigenvalue weighted by atomic mass is 79.9. The Bertz CT molecular complexity index is 777. The van der Waals surface area contributed by atoms with E-state index in [0.29, 0.717) is 11.3 Å². The van der Waals surface area contributed by atoms with Crippen molar-refractivity contribution in [1.29, 1.82) is 0 Å². The van der Waals surface area contributed by atoms with Crippen LogP contribution in [-0.2, 0) is 16.6 Å². The third-order valence-corrected chi connectivity index (χ3v) is 5.52. The van der Waals surface area contributed by atoms with Crippen LogP contribution in [0.3, 0.4) is 0 Å². The molecule has 0 saturated carbocycles. The lowest BCUT2D eigenvalue weighted by molar-refractivity contribution is 0.0735. The van der Waals surface area contributed by atoms with Crippen LogP contribution in [0.5, 0.6) is 0 Å². The quantitative estimate of drug-likeness (QED) is 0.759. The third-order valence-electron chi connectivity index (χ3n) is 4.29. The topological polar surface area (TPSA) is 37.4 Å². The fourth-order valence-electron chi connectivity index (χ4n) is 3.26. The largest absolute Gasteiger partial charge is 0.332 e. The zero-order valence-electron chi connectivity index (χ0n) is 13.6. The normalized spacial score (nSPS) is 18.6. The van der Waals surface area contributed by atoms with Gasteiger partial charge in [-0.25, -0.2) is 0 Å². The van der Waals surface area contributed by atoms with Gasteiger partial charge in [0.2, 0.25) is 0 Å². The predicted molar refractivity (Wildman–Crippen MR) is 101 cm³/mol. The first-order chi connectivity index (χ1) is 11.5. The fraction of sp³-hybridized carbons (Fsp3) is 0.316. The van der Waals surface area contributed by atoms with Crippen LogP contribution in [0.4, 0.5) is 0 Å². The summed E-state index contributed by atoms with van der Waals surface area (Å²) in [7, 11) is -0.909. The Balaban J connectivity index is 1.85. The van der Waals surface area contributed by atoms with E-state index in [-0.39, 0.29) is 11.9 Å². The van der Waals surface area contributed by atoms with Crippen molar-refractivity contribution in [1.82, 2.24) is 4.90 Å². The van der Waals surface area contributed by atoms with E-state index in [2.05, 4.69) is 28.1 Å². The first-order valence-electron chi connectivity index (χ1n) is 8.00. The SMILES string of the molecule is C[S@](=O)Cc1cccc(C(=O)N2CCC[C@H]2c2cccc(Br)c2)c1. The van der Waals surface area contributed by atoms with Crippen LogP contribution in [0, 0.1) is 0 Å². The van der Waals surface area contributed by atoms with Crippen molar-refractivity contribution in [2.75, 3.05) is 12.8 Å². The second-order valence-corrected chi connectivity index (χ2v) is 8.48. The van der Waals surface area contributed by atoms with E-state index >= 15 is 0 Å². The summed E-state index contributed by atoms with van der Waals surface area (Å²) in [6, 6.07) is 15.8. The van der Waals surface area contributed by atoms with Gasteiger partial charge in [0.15, 0.2) is 0 Å². The third kappa shape index (κ3) is 3.95. The van der Waals surface area contributed by atoms with Crippen LogP contribution in [0.25, 0.3) is 0 Å². The predicted octanol–water partition coefficient (Wildman–Crippen LogP) is 4.30. The summed E-state index contributed by atoms with van der Waals surface area (Å²) >= 11 is 3.51. The van der Waals surface area contributed by atoms with Crippen molar-refractivity contribution in [3.8, 4) is 0 Å². The number of halogens is 1. The van der Waals surface area contributed by atoms with Crippen LogP contribution >= 0.6 is 15.9 Å². The zero-order valence-corrected chi connectivity index (χ0v) is 16.0. The van der Waals surface area contributed by atoms with Gasteiger partial charge >= 0.3 is 0 Å². The van der Waals surface area contributed by atoms with Gasteiger partial charge in [0.1, 0.15) is 0 Å². The number of carbonyl (C=O) groups excluding carboxylic acids is 1. The molecule has 3 rings (SSSR count). The number of benzene rings is 2. The van der Waals surface area contributed by atoms with Crippen molar-refractivity contribution in [3.63, 3.8) is 0 Å². The molecule has 2 aromatic carbocycles. The van der Waals surface area contributed by atoms with Gasteiger partial charge in [-0.2, -0.15) is 0 Å². The number of rotatable bonds is 4. The minimum Gasteiger partial charge on any atom is -0.332 e. The number of nitrogens with zero attached hydrogens (tertiary/aromatic N) is 1. The van der Waals surface area contributed by atoms with Crippen LogP contribution < -0.4 is 0 Å². The Hall–Kier alpha value is -1.46. The Kier molecular flexibility index (Phi) is 5.51. The van der Waals surface area contributed by atoms with Gasteiger partial charge in [-0.1, -0.05) is 40.2 Å². The van der Waals surface area contributed by atoms with E-state index in [1.807, 2.05) is 41.3 Å². The first-order valence-corrected chi connectivity index (χ1v) is 10.5. The lowest BCUT2D eigenvalue weighted by Gasteiger charge is -2.25. The molecule has 0 aliphatic carbocycles. The van der Waals surface area contributed by atoms with Crippen LogP contribution in [-0.4, -0.2) is 27.8 Å². The van der Waals surface area contributed by atoms with Gasteiger partial charge in [-0.05, 0) is 48.2 Å². The van der Waals surface area contributed by atoms with Crippen molar-refractivity contribution in [2.24, 2.45) is 0 Å². The van der Waals surface area contributed by atoms with Gasteiger partial charge in [0.25, 0.3) is 5.91 Å². The molecule has 1 amide bonds. The molecule has 126 valence electrons. The fourth-order valence-corrected chi connectivity index (χ4v) is 4.33. The van der Waals surface area contributed by atoms with Crippen LogP contribution in [0.1, 0.15) is 40.4 Å². The molecule has 24 heavy (non-hydrogen) atoms. The number of carbonyl (C=O) groups is 1. The van der Waals surface area contributed by atoms with Gasteiger partial charge in [-0.3, -0.25) is 9.00 Å². The molecule has 1 aliphatic rings. The molecule has 0 N–H and O–H groups in total. The van der Waals surface area contributed by atoms with Gasteiger partial charge in [0, 0.05) is 39.4 Å². The Labute approximate surface area is 153 Å². The number of hydrogen-bond donors (Lipinski definition) is 0. The molecule has 1 heterocycles. The minimum atomic E-state index is -0.909. The average molecular weight is 406 g/mol. The molecule has 3 nitrogen and oxygen atoms in total. The molecular formula is C19H20BrNO2S. The first kappa shape index (κ1) is 17.4. The number of hydrogen-bond acceptors (Lipinski definition) is 2. The maximum atomic E-state index is 13.0. The maximum absolute atomic E-state index is 13.0. The maximum Gasteiger partial charge on any atom is 0.254 e. The van der Waals surface area contributed by atoms with E-state index in [4.69, 9.17) is 0 Å². The van der Waals surface area contributed by atoms with E-state index in [1.54, 1.807) is 6.26 Å². The summed E-state index contributed by atoms with van der Waals surface area (Å²) in [4.78, 5) is 15.0. The smallest absolute Gasteiger partial charge is 0.254 e. The minimum absolute atomic E-state index is 0.0567. The highest BCUT2D eigenvalue weighted by Gasteiger charge is 2.30. The molecule has 2 atom stereocenters. The summed E-state index contributed by atoms with van der Waals surface area (Å²) < 4.78 is 12.5. The summed E-state index contributed by atoms with van der Waals surface area (Å²) in [6.45, 7) is 0.778. The summed E-state index contributed by atoms with van der Waals surface area (Å²) in [5.74, 6) is 0.539. The Morgan fingerprint density at radius 1 is 1.25 bits per heavy atom. The van der Waals surface area contributed by atoms with Gasteiger partial charge in [-0.15, -0.1) is 0 Å². The second kappa shape index (κ2) is 7.62. The summed E-state index contributed by atoms with van der Waals surface area (Å²) in [5.41, 5.74) is 2.79. The summed E-state index contributed by atoms with van der Waals surface area (Å²) in [5, 5.41) is 0. The Morgan fingerprint density at radius 2 is 2.04 bits per heavy atom. The van der Waals surface area contributed by atoms with E-state index < -0.39 is 10.8 Å². The van der Waals surface area contributed by atoms with E-state index in [0.717, 1.165) is 29.4 Å². The van der Waals surface area contributed by atoms with Crippen molar-refractivity contribution >= 4 is 32.6 Å². The van der Waals surface area contributed by atoms with Crippen molar-refractivity contribution in [3.05, 3.63) is 69.7 Å². The van der Waals surface area contributed by atoms with E-state index in [1.165, 1.54) is 5.56 Å². The van der Waals surface area contributed by atoms with Crippen LogP contribution in [0.2, 0.25) is 0 Å². The summed E-state index contributed by atoms with van der Waals surface area (Å²) in [6.07, 6.45) is 3.68. The standard InChI is InChI=1S/C19H20BrNO2S/c1-24(23)13-14-5-2-7-16(11-14)19(22)21-10-4-9-18(21)15-6-3-8-17(20)12-15/h2-3,5-8,11-12,18H,4,9-10,13H2,1H3/t18-,24-/m0/s1. The molecule has 0 bridgehead atoms. The number of likely N-dealkylation sites (tertiary alicyclic amines) is 1. The Morgan fingerprint density at radius 3 is 2.79 bits per heavy atom. The molecule has 0 unspecified atom stereocenters. The molecule has 0 aromatic heterocycles. The molecule has 0 spiro atoms. The monoisotopic (exact) mass is 405 g/mol. The zero-order chi connectivity index (χ0) is 17.1. The molecular weight excluding hydrogens is 386 g/mol. The molecule has 1 aliphatic heterocycles. The highest BCUT2D eigenvalue weighted by molar-refractivity contribution is 9.10. The molecule has 1 fully saturated rings. The van der Waals surface area contributed by atoms with Gasteiger partial charge in [0.05, 0.1) is 6.04 Å². The van der Waals surface area contributed by atoms with E-state index in [9.17, 15) is 9.00 Å². The second-order valence-electron chi connectivity index (χ2n) is 6.13. The molecule has 0 radical (unpaired) electrons. The van der Waals surface area contributed by atoms with Crippen LogP contribution in [0.15, 0.2) is 53.0 Å².